The van der Waals surface area contributed by atoms with E-state index in [0.717, 1.165) is 18.4 Å². The molecule has 0 spiro atoms. The molecule has 2 unspecified atom stereocenters. The van der Waals surface area contributed by atoms with Crippen molar-refractivity contribution in [3.05, 3.63) is 35.5 Å². The minimum atomic E-state index is -5.14. The maximum Gasteiger partial charge on any atom is 0.481 e. The molecule has 0 aromatic rings. The molecule has 146 valence electrons. The van der Waals surface area contributed by atoms with Crippen LogP contribution >= 0.6 is 15.6 Å². The molecule has 0 aromatic heterocycles. The van der Waals surface area contributed by atoms with Crippen LogP contribution in [-0.2, 0) is 18.0 Å². The van der Waals surface area contributed by atoms with Crippen molar-refractivity contribution in [2.45, 2.75) is 65.9 Å². The average molecular weight is 396 g/mol. The molecule has 0 aromatic carbocycles. The van der Waals surface area contributed by atoms with Crippen LogP contribution < -0.4 is 0 Å². The Morgan fingerprint density at radius 2 is 1.52 bits per heavy atom. The highest BCUT2D eigenvalue weighted by molar-refractivity contribution is 7.60. The number of hydrogen-bond donors (Lipinski definition) is 3. The minimum Gasteiger partial charge on any atom is -0.302 e. The van der Waals surface area contributed by atoms with E-state index in [-0.39, 0.29) is 0 Å². The molecule has 0 aliphatic rings. The second-order valence-corrected chi connectivity index (χ2v) is 9.29. The summed E-state index contributed by atoms with van der Waals surface area (Å²) in [6.45, 7) is 9.24. The van der Waals surface area contributed by atoms with Crippen LogP contribution in [0.4, 0.5) is 0 Å². The summed E-state index contributed by atoms with van der Waals surface area (Å²) in [5.41, 5.74) is 0.913. The highest BCUT2D eigenvalue weighted by Gasteiger charge is 2.39. The van der Waals surface area contributed by atoms with Crippen molar-refractivity contribution in [3.8, 4) is 0 Å². The fourth-order valence-electron chi connectivity index (χ4n) is 2.24. The fraction of sp³-hybridized carbons (Fsp3) is 0.625. The Bertz CT molecular complexity index is 596. The van der Waals surface area contributed by atoms with Crippen LogP contribution in [-0.4, -0.2) is 20.3 Å². The van der Waals surface area contributed by atoms with E-state index < -0.39 is 21.2 Å². The molecule has 0 amide bonds. The van der Waals surface area contributed by atoms with Crippen LogP contribution in [0.1, 0.15) is 60.3 Å². The largest absolute Gasteiger partial charge is 0.481 e. The molecule has 3 N–H and O–H groups in total. The molecule has 7 nitrogen and oxygen atoms in total. The number of allylic oxidation sites excluding steroid dienone is 5. The molecule has 0 saturated carbocycles. The van der Waals surface area contributed by atoms with Crippen LogP contribution in [0.15, 0.2) is 35.5 Å². The van der Waals surface area contributed by atoms with E-state index in [1.807, 2.05) is 26.0 Å². The van der Waals surface area contributed by atoms with Gasteiger partial charge in [0, 0.05) is 0 Å². The fourth-order valence-corrected chi connectivity index (χ4v) is 4.12. The lowest BCUT2D eigenvalue weighted by Crippen LogP contribution is -2.25. The lowest BCUT2D eigenvalue weighted by Gasteiger charge is -2.28. The Balaban J connectivity index is 4.85. The van der Waals surface area contributed by atoms with E-state index >= 15 is 0 Å². The van der Waals surface area contributed by atoms with E-state index in [4.69, 9.17) is 14.3 Å². The zero-order chi connectivity index (χ0) is 19.7. The highest BCUT2D eigenvalue weighted by atomic mass is 31.3. The molecule has 0 radical (unpaired) electrons. The molecule has 0 heterocycles. The smallest absolute Gasteiger partial charge is 0.302 e. The summed E-state index contributed by atoms with van der Waals surface area (Å²) in [6, 6.07) is 0. The van der Waals surface area contributed by atoms with Crippen LogP contribution in [0.3, 0.4) is 0 Å². The van der Waals surface area contributed by atoms with E-state index in [2.05, 4.69) is 10.4 Å². The maximum absolute atomic E-state index is 11.8. The van der Waals surface area contributed by atoms with Gasteiger partial charge in [0.1, 0.15) is 0 Å². The summed E-state index contributed by atoms with van der Waals surface area (Å²) in [4.78, 5) is 27.0. The molecule has 0 bridgehead atoms. The van der Waals surface area contributed by atoms with Gasteiger partial charge >= 0.3 is 15.6 Å². The van der Waals surface area contributed by atoms with E-state index in [0.29, 0.717) is 12.8 Å². The first-order chi connectivity index (χ1) is 11.2. The van der Waals surface area contributed by atoms with Gasteiger partial charge in [-0.2, -0.15) is 4.31 Å². The Morgan fingerprint density at radius 1 is 0.960 bits per heavy atom. The topological polar surface area (TPSA) is 113 Å². The van der Waals surface area contributed by atoms with Gasteiger partial charge in [-0.1, -0.05) is 35.5 Å². The molecule has 0 saturated heterocycles. The Morgan fingerprint density at radius 3 is 2.00 bits per heavy atom. The molecule has 0 rings (SSSR count). The second kappa shape index (κ2) is 10.6. The van der Waals surface area contributed by atoms with E-state index in [1.54, 1.807) is 26.8 Å². The van der Waals surface area contributed by atoms with Crippen molar-refractivity contribution in [2.24, 2.45) is 0 Å². The molecule has 25 heavy (non-hydrogen) atoms. The van der Waals surface area contributed by atoms with E-state index in [1.165, 1.54) is 5.57 Å². The van der Waals surface area contributed by atoms with Crippen LogP contribution in [0.25, 0.3) is 0 Å². The van der Waals surface area contributed by atoms with Crippen molar-refractivity contribution >= 4 is 15.6 Å². The number of phosphoric ester groups is 1. The van der Waals surface area contributed by atoms with Gasteiger partial charge in [-0.05, 0) is 60.3 Å². The molecule has 9 heteroatoms. The Labute approximate surface area is 150 Å². The molecular formula is C16H30O7P2. The average Bonchev–Trinajstić information content (AvgIpc) is 2.31. The van der Waals surface area contributed by atoms with Crippen LogP contribution in [0, 0.1) is 0 Å². The third-order valence-corrected chi connectivity index (χ3v) is 5.31. The minimum absolute atomic E-state index is 0.354. The standard InChI is InChI=1S/C16H30O7P2/c1-14(2)11-9-7-6-8-10-12-16(5,13-15(3)4)22-25(20,21)23-24(17,18)19/h6,8,11,13H,7,9-10,12H2,1-5H3,(H,20,21)(H2,17,18,19). The summed E-state index contributed by atoms with van der Waals surface area (Å²) in [5.74, 6) is 0. The van der Waals surface area contributed by atoms with Gasteiger partial charge in [0.25, 0.3) is 0 Å². The zero-order valence-corrected chi connectivity index (χ0v) is 17.3. The summed E-state index contributed by atoms with van der Waals surface area (Å²) in [7, 11) is -10.0. The van der Waals surface area contributed by atoms with Gasteiger partial charge in [-0.3, -0.25) is 4.52 Å². The van der Waals surface area contributed by atoms with Gasteiger partial charge in [0.2, 0.25) is 0 Å². The first kappa shape index (κ1) is 24.5. The lowest BCUT2D eigenvalue weighted by molar-refractivity contribution is 0.0795. The second-order valence-electron chi connectivity index (χ2n) is 6.54. The monoisotopic (exact) mass is 396 g/mol. The van der Waals surface area contributed by atoms with Gasteiger partial charge < -0.3 is 14.7 Å². The van der Waals surface area contributed by atoms with Crippen LogP contribution in [0.2, 0.25) is 0 Å². The number of phosphoric acid groups is 2. The summed E-state index contributed by atoms with van der Waals surface area (Å²) >= 11 is 0. The highest BCUT2D eigenvalue weighted by Crippen LogP contribution is 2.59. The maximum atomic E-state index is 11.8. The normalized spacial score (nSPS) is 17.0. The number of unbranched alkanes of at least 4 members (excludes halogenated alkanes) is 1. The van der Waals surface area contributed by atoms with E-state index in [9.17, 15) is 14.0 Å². The summed E-state index contributed by atoms with van der Waals surface area (Å²) in [6.07, 6.45) is 10.5. The van der Waals surface area contributed by atoms with Gasteiger partial charge in [0.05, 0.1) is 5.60 Å². The molecule has 2 atom stereocenters. The predicted molar refractivity (Wildman–Crippen MR) is 98.9 cm³/mol. The van der Waals surface area contributed by atoms with Crippen molar-refractivity contribution in [3.63, 3.8) is 0 Å². The first-order valence-corrected chi connectivity index (χ1v) is 11.0. The SMILES string of the molecule is CC(C)=CCCC=CCCC(C)(C=C(C)C)OP(=O)(O)OP(=O)(O)O. The molecule has 0 fully saturated rings. The van der Waals surface area contributed by atoms with Crippen molar-refractivity contribution in [2.75, 3.05) is 0 Å². The van der Waals surface area contributed by atoms with Crippen LogP contribution in [0.5, 0.6) is 0 Å². The van der Waals surface area contributed by atoms with Crippen molar-refractivity contribution in [1.29, 1.82) is 0 Å². The van der Waals surface area contributed by atoms with Crippen molar-refractivity contribution in [1.82, 2.24) is 0 Å². The summed E-state index contributed by atoms with van der Waals surface area (Å²) < 4.78 is 31.6. The molecular weight excluding hydrogens is 366 g/mol. The summed E-state index contributed by atoms with van der Waals surface area (Å²) in [5, 5.41) is 0. The number of rotatable bonds is 11. The van der Waals surface area contributed by atoms with Gasteiger partial charge in [-0.25, -0.2) is 9.13 Å². The molecule has 0 aliphatic heterocycles. The predicted octanol–water partition coefficient (Wildman–Crippen LogP) is 5.02. The molecule has 0 aliphatic carbocycles. The third kappa shape index (κ3) is 14.3. The zero-order valence-electron chi connectivity index (χ0n) is 15.5. The quantitative estimate of drug-likeness (QED) is 0.255. The number of hydrogen-bond acceptors (Lipinski definition) is 4. The van der Waals surface area contributed by atoms with Gasteiger partial charge in [0.15, 0.2) is 0 Å². The van der Waals surface area contributed by atoms with Gasteiger partial charge in [-0.15, -0.1) is 0 Å². The van der Waals surface area contributed by atoms with Crippen molar-refractivity contribution < 1.29 is 32.6 Å². The lowest BCUT2D eigenvalue weighted by atomic mass is 9.97. The first-order valence-electron chi connectivity index (χ1n) is 7.99. The Kier molecular flexibility index (Phi) is 10.4. The Hall–Kier alpha value is -0.520. The third-order valence-electron chi connectivity index (χ3n) is 2.99.